The van der Waals surface area contributed by atoms with Gasteiger partial charge in [-0.15, -0.1) is 0 Å². The number of hydrogen-bond acceptors (Lipinski definition) is 4. The highest BCUT2D eigenvalue weighted by molar-refractivity contribution is 5.92. The van der Waals surface area contributed by atoms with Gasteiger partial charge in [0.15, 0.2) is 0 Å². The summed E-state index contributed by atoms with van der Waals surface area (Å²) in [6, 6.07) is 1.88. The summed E-state index contributed by atoms with van der Waals surface area (Å²) in [5, 5.41) is 11.4. The van der Waals surface area contributed by atoms with E-state index in [1.165, 1.54) is 25.7 Å². The molecule has 0 unspecified atom stereocenters. The highest BCUT2D eigenvalue weighted by atomic mass is 16.5. The first kappa shape index (κ1) is 15.4. The molecule has 2 bridgehead atoms. The van der Waals surface area contributed by atoms with Crippen LogP contribution >= 0.6 is 0 Å². The molecule has 0 spiro atoms. The highest BCUT2D eigenvalue weighted by Gasteiger charge is 2.42. The zero-order valence-electron chi connectivity index (χ0n) is 14.5. The van der Waals surface area contributed by atoms with E-state index in [2.05, 4.69) is 22.5 Å². The minimum absolute atomic E-state index is 0.175. The van der Waals surface area contributed by atoms with E-state index in [9.17, 15) is 4.79 Å². The second-order valence-electron chi connectivity index (χ2n) is 7.44. The van der Waals surface area contributed by atoms with Crippen molar-refractivity contribution in [3.8, 4) is 11.3 Å². The van der Waals surface area contributed by atoms with Crippen molar-refractivity contribution in [3.05, 3.63) is 23.7 Å². The molecule has 2 saturated carbocycles. The Morgan fingerprint density at radius 3 is 2.88 bits per heavy atom. The summed E-state index contributed by atoms with van der Waals surface area (Å²) in [6.45, 7) is 4.08. The Hall–Kier alpha value is -2.11. The fraction of sp³-hybridized carbons (Fsp3) is 0.611. The van der Waals surface area contributed by atoms with Crippen LogP contribution in [0.2, 0.25) is 0 Å². The molecule has 1 N–H and O–H groups in total. The molecule has 2 aliphatic carbocycles. The summed E-state index contributed by atoms with van der Waals surface area (Å²) >= 11 is 0. The van der Waals surface area contributed by atoms with Crippen LogP contribution in [0.15, 0.2) is 16.8 Å². The molecule has 24 heavy (non-hydrogen) atoms. The lowest BCUT2D eigenvalue weighted by Crippen LogP contribution is -2.40. The number of amides is 1. The van der Waals surface area contributed by atoms with Gasteiger partial charge in [-0.25, -0.2) is 0 Å². The van der Waals surface area contributed by atoms with Crippen LogP contribution in [0.5, 0.6) is 0 Å². The predicted molar refractivity (Wildman–Crippen MR) is 89.3 cm³/mol. The molecule has 2 aromatic rings. The Labute approximate surface area is 141 Å². The first-order valence-corrected chi connectivity index (χ1v) is 8.79. The van der Waals surface area contributed by atoms with Gasteiger partial charge in [0.25, 0.3) is 5.91 Å². The Balaban J connectivity index is 1.44. The van der Waals surface area contributed by atoms with Crippen molar-refractivity contribution in [1.82, 2.24) is 20.3 Å². The van der Waals surface area contributed by atoms with Crippen molar-refractivity contribution >= 4 is 5.91 Å². The molecule has 6 heteroatoms. The summed E-state index contributed by atoms with van der Waals surface area (Å²) in [4.78, 5) is 12.5. The number of aromatic nitrogens is 3. The minimum atomic E-state index is -0.175. The van der Waals surface area contributed by atoms with Gasteiger partial charge in [0.2, 0.25) is 5.76 Å². The second kappa shape index (κ2) is 5.76. The summed E-state index contributed by atoms with van der Waals surface area (Å²) in [7, 11) is 1.88. The first-order chi connectivity index (χ1) is 11.5. The molecule has 6 nitrogen and oxygen atoms in total. The number of nitrogens with zero attached hydrogens (tertiary/aromatic N) is 3. The van der Waals surface area contributed by atoms with Crippen molar-refractivity contribution < 1.29 is 9.32 Å². The molecular weight excluding hydrogens is 304 g/mol. The Bertz CT molecular complexity index is 763. The zero-order chi connectivity index (χ0) is 16.8. The number of fused-ring (bicyclic) bond motifs is 2. The third-order valence-electron chi connectivity index (χ3n) is 6.04. The Morgan fingerprint density at radius 2 is 2.25 bits per heavy atom. The molecule has 2 heterocycles. The Kier molecular flexibility index (Phi) is 3.70. The molecule has 4 atom stereocenters. The smallest absolute Gasteiger partial charge is 0.290 e. The van der Waals surface area contributed by atoms with Crippen molar-refractivity contribution in [2.24, 2.45) is 24.8 Å². The van der Waals surface area contributed by atoms with Gasteiger partial charge in [-0.1, -0.05) is 11.6 Å². The molecule has 0 aromatic carbocycles. The third kappa shape index (κ3) is 2.54. The second-order valence-corrected chi connectivity index (χ2v) is 7.44. The van der Waals surface area contributed by atoms with Crippen molar-refractivity contribution in [3.63, 3.8) is 0 Å². The third-order valence-corrected chi connectivity index (χ3v) is 6.04. The van der Waals surface area contributed by atoms with E-state index in [-0.39, 0.29) is 17.7 Å². The maximum atomic E-state index is 12.5. The van der Waals surface area contributed by atoms with E-state index in [4.69, 9.17) is 4.52 Å². The lowest BCUT2D eigenvalue weighted by atomic mass is 9.84. The van der Waals surface area contributed by atoms with E-state index >= 15 is 0 Å². The lowest BCUT2D eigenvalue weighted by molar-refractivity contribution is 0.0878. The summed E-state index contributed by atoms with van der Waals surface area (Å²) < 4.78 is 7.05. The van der Waals surface area contributed by atoms with Crippen LogP contribution in [0.3, 0.4) is 0 Å². The van der Waals surface area contributed by atoms with Gasteiger partial charge in [0.05, 0.1) is 6.20 Å². The lowest BCUT2D eigenvalue weighted by Gasteiger charge is -2.28. The van der Waals surface area contributed by atoms with E-state index < -0.39 is 0 Å². The summed E-state index contributed by atoms with van der Waals surface area (Å²) in [5.41, 5.74) is 2.53. The molecular formula is C18H24N4O2. The minimum Gasteiger partial charge on any atom is -0.350 e. The van der Waals surface area contributed by atoms with Gasteiger partial charge in [-0.2, -0.15) is 5.10 Å². The number of aryl methyl sites for hydroxylation is 1. The zero-order valence-corrected chi connectivity index (χ0v) is 14.5. The van der Waals surface area contributed by atoms with Gasteiger partial charge in [-0.3, -0.25) is 9.48 Å². The van der Waals surface area contributed by atoms with Crippen LogP contribution in [0.25, 0.3) is 11.3 Å². The molecule has 1 amide bonds. The standard InChI is InChI=1S/C18H24N4O2/c1-10(14-7-12-4-5-13(14)6-12)20-18(23)17-8-16(21-24-17)15-9-19-22(3)11(15)2/h8-10,12-14H,4-7H2,1-3H3,(H,20,23)/t10-,12-,13-,14+/m0/s1. The predicted octanol–water partition coefficient (Wildman–Crippen LogP) is 2.94. The van der Waals surface area contributed by atoms with Gasteiger partial charge < -0.3 is 9.84 Å². The van der Waals surface area contributed by atoms with Gasteiger partial charge in [0.1, 0.15) is 5.69 Å². The largest absolute Gasteiger partial charge is 0.350 e. The fourth-order valence-electron chi connectivity index (χ4n) is 4.55. The van der Waals surface area contributed by atoms with Crippen LogP contribution < -0.4 is 5.32 Å². The topological polar surface area (TPSA) is 73.0 Å². The van der Waals surface area contributed by atoms with E-state index in [0.29, 0.717) is 11.6 Å². The van der Waals surface area contributed by atoms with Crippen molar-refractivity contribution in [2.75, 3.05) is 0 Å². The fourth-order valence-corrected chi connectivity index (χ4v) is 4.55. The Morgan fingerprint density at radius 1 is 1.42 bits per heavy atom. The number of carbonyl (C=O) groups excluding carboxylic acids is 1. The normalized spacial score (nSPS) is 26.7. The molecule has 0 radical (unpaired) electrons. The van der Waals surface area contributed by atoms with Gasteiger partial charge in [0, 0.05) is 30.4 Å². The molecule has 2 aromatic heterocycles. The van der Waals surface area contributed by atoms with Crippen LogP contribution in [0, 0.1) is 24.7 Å². The van der Waals surface area contributed by atoms with Crippen LogP contribution in [-0.4, -0.2) is 26.9 Å². The number of hydrogen-bond donors (Lipinski definition) is 1. The molecule has 4 rings (SSSR count). The molecule has 0 aliphatic heterocycles. The molecule has 2 aliphatic rings. The average molecular weight is 328 g/mol. The first-order valence-electron chi connectivity index (χ1n) is 8.79. The number of nitrogens with one attached hydrogen (secondary N) is 1. The van der Waals surface area contributed by atoms with Gasteiger partial charge >= 0.3 is 0 Å². The molecule has 0 saturated heterocycles. The van der Waals surface area contributed by atoms with Crippen LogP contribution in [0.1, 0.15) is 48.9 Å². The van der Waals surface area contributed by atoms with Crippen LogP contribution in [0.4, 0.5) is 0 Å². The monoisotopic (exact) mass is 328 g/mol. The van der Waals surface area contributed by atoms with Crippen molar-refractivity contribution in [2.45, 2.75) is 45.6 Å². The van der Waals surface area contributed by atoms with Gasteiger partial charge in [-0.05, 0) is 50.9 Å². The number of rotatable bonds is 4. The van der Waals surface area contributed by atoms with E-state index in [0.717, 1.165) is 23.1 Å². The summed E-state index contributed by atoms with van der Waals surface area (Å²) in [6.07, 6.45) is 7.03. The maximum Gasteiger partial charge on any atom is 0.290 e. The van der Waals surface area contributed by atoms with E-state index in [1.54, 1.807) is 16.9 Å². The molecule has 128 valence electrons. The summed E-state index contributed by atoms with van der Waals surface area (Å²) in [5.74, 6) is 2.36. The van der Waals surface area contributed by atoms with Crippen LogP contribution in [-0.2, 0) is 7.05 Å². The van der Waals surface area contributed by atoms with E-state index in [1.807, 2.05) is 14.0 Å². The number of carbonyl (C=O) groups is 1. The molecule has 2 fully saturated rings. The average Bonchev–Trinajstić information content (AvgIpc) is 3.32. The SMILES string of the molecule is Cc1c(-c2cc(C(=O)N[C@@H](C)[C@H]3C[C@H]4CC[C@H]3C4)on2)cnn1C. The highest BCUT2D eigenvalue weighted by Crippen LogP contribution is 2.49. The maximum absolute atomic E-state index is 12.5. The quantitative estimate of drug-likeness (QED) is 0.936. The van der Waals surface area contributed by atoms with Crippen molar-refractivity contribution in [1.29, 1.82) is 0 Å².